The average molecular weight is 303 g/mol. The van der Waals surface area contributed by atoms with Gasteiger partial charge in [0.05, 0.1) is 5.92 Å². The summed E-state index contributed by atoms with van der Waals surface area (Å²) in [6.45, 7) is 1.78. The highest BCUT2D eigenvalue weighted by atomic mass is 32.1. The molecule has 0 fully saturated rings. The Morgan fingerprint density at radius 2 is 1.90 bits per heavy atom. The first-order chi connectivity index (χ1) is 10.1. The van der Waals surface area contributed by atoms with Gasteiger partial charge < -0.3 is 10.4 Å². The summed E-state index contributed by atoms with van der Waals surface area (Å²) in [7, 11) is 0. The first-order valence-corrected chi connectivity index (χ1v) is 7.56. The molecule has 1 aromatic heterocycles. The molecule has 5 heteroatoms. The van der Waals surface area contributed by atoms with E-state index in [4.69, 9.17) is 0 Å². The number of nitrogens with one attached hydrogen (secondary N) is 1. The van der Waals surface area contributed by atoms with Crippen molar-refractivity contribution in [2.45, 2.75) is 25.3 Å². The van der Waals surface area contributed by atoms with Crippen LogP contribution < -0.4 is 5.32 Å². The van der Waals surface area contributed by atoms with Gasteiger partial charge in [-0.15, -0.1) is 11.3 Å². The van der Waals surface area contributed by atoms with Gasteiger partial charge in [-0.3, -0.25) is 4.79 Å². The molecule has 2 N–H and O–H groups in total. The van der Waals surface area contributed by atoms with Crippen LogP contribution in [0.5, 0.6) is 0 Å². The molecule has 0 saturated heterocycles. The van der Waals surface area contributed by atoms with Crippen molar-refractivity contribution in [1.82, 2.24) is 5.32 Å². The first-order valence-electron chi connectivity index (χ1n) is 6.68. The lowest BCUT2D eigenvalue weighted by molar-refractivity contribution is -0.141. The lowest BCUT2D eigenvalue weighted by Crippen LogP contribution is -2.43. The van der Waals surface area contributed by atoms with Gasteiger partial charge >= 0.3 is 5.97 Å². The van der Waals surface area contributed by atoms with Gasteiger partial charge in [-0.25, -0.2) is 4.79 Å². The quantitative estimate of drug-likeness (QED) is 0.862. The number of amides is 1. The third kappa shape index (κ3) is 4.16. The highest BCUT2D eigenvalue weighted by Crippen LogP contribution is 2.21. The Hall–Kier alpha value is -2.14. The van der Waals surface area contributed by atoms with Gasteiger partial charge in [-0.1, -0.05) is 36.4 Å². The van der Waals surface area contributed by atoms with E-state index in [1.54, 1.807) is 6.92 Å². The lowest BCUT2D eigenvalue weighted by atomic mass is 10.0. The molecule has 0 radical (unpaired) electrons. The Labute approximate surface area is 127 Å². The molecule has 1 heterocycles. The number of rotatable bonds is 6. The summed E-state index contributed by atoms with van der Waals surface area (Å²) in [5, 5.41) is 13.8. The van der Waals surface area contributed by atoms with Crippen LogP contribution >= 0.6 is 11.3 Å². The number of hydrogen-bond acceptors (Lipinski definition) is 3. The predicted octanol–water partition coefficient (Wildman–Crippen LogP) is 2.66. The maximum Gasteiger partial charge on any atom is 0.326 e. The van der Waals surface area contributed by atoms with Crippen molar-refractivity contribution in [2.75, 3.05) is 0 Å². The molecule has 2 rings (SSSR count). The van der Waals surface area contributed by atoms with Crippen molar-refractivity contribution >= 4 is 23.2 Å². The van der Waals surface area contributed by atoms with E-state index in [1.165, 1.54) is 11.3 Å². The maximum atomic E-state index is 12.2. The van der Waals surface area contributed by atoms with Crippen LogP contribution in [0.3, 0.4) is 0 Å². The van der Waals surface area contributed by atoms with Crippen LogP contribution in [-0.2, 0) is 16.0 Å². The molecule has 2 aromatic rings. The SMILES string of the molecule is CC(C(=O)NC(Cc1ccccc1)C(=O)O)c1cccs1. The number of benzene rings is 1. The monoisotopic (exact) mass is 303 g/mol. The summed E-state index contributed by atoms with van der Waals surface area (Å²) >= 11 is 1.49. The van der Waals surface area contributed by atoms with Gasteiger partial charge in [-0.2, -0.15) is 0 Å². The maximum absolute atomic E-state index is 12.2. The summed E-state index contributed by atoms with van der Waals surface area (Å²) in [4.78, 5) is 24.4. The zero-order chi connectivity index (χ0) is 15.2. The largest absolute Gasteiger partial charge is 0.480 e. The number of carbonyl (C=O) groups is 2. The Bertz CT molecular complexity index is 595. The molecule has 2 unspecified atom stereocenters. The number of carboxylic acid groups (broad SMARTS) is 1. The van der Waals surface area contributed by atoms with Crippen LogP contribution in [-0.4, -0.2) is 23.0 Å². The van der Waals surface area contributed by atoms with E-state index in [-0.39, 0.29) is 18.2 Å². The Balaban J connectivity index is 2.03. The minimum absolute atomic E-state index is 0.263. The molecule has 1 amide bonds. The highest BCUT2D eigenvalue weighted by Gasteiger charge is 2.24. The molecular weight excluding hydrogens is 286 g/mol. The zero-order valence-corrected chi connectivity index (χ0v) is 12.5. The van der Waals surface area contributed by atoms with Crippen LogP contribution in [0.4, 0.5) is 0 Å². The fourth-order valence-corrected chi connectivity index (χ4v) is 2.80. The third-order valence-corrected chi connectivity index (χ3v) is 4.32. The second kappa shape index (κ2) is 7.04. The van der Waals surface area contributed by atoms with Crippen molar-refractivity contribution in [3.8, 4) is 0 Å². The smallest absolute Gasteiger partial charge is 0.326 e. The number of aliphatic carboxylic acids is 1. The van der Waals surface area contributed by atoms with E-state index in [0.717, 1.165) is 10.4 Å². The molecule has 0 spiro atoms. The topological polar surface area (TPSA) is 66.4 Å². The molecule has 1 aromatic carbocycles. The van der Waals surface area contributed by atoms with E-state index in [2.05, 4.69) is 5.32 Å². The van der Waals surface area contributed by atoms with E-state index in [1.807, 2.05) is 47.8 Å². The summed E-state index contributed by atoms with van der Waals surface area (Å²) in [6.07, 6.45) is 0.277. The zero-order valence-electron chi connectivity index (χ0n) is 11.7. The highest BCUT2D eigenvalue weighted by molar-refractivity contribution is 7.10. The third-order valence-electron chi connectivity index (χ3n) is 3.26. The normalized spacial score (nSPS) is 13.4. The van der Waals surface area contributed by atoms with Crippen LogP contribution in [0.1, 0.15) is 23.3 Å². The minimum Gasteiger partial charge on any atom is -0.480 e. The van der Waals surface area contributed by atoms with E-state index < -0.39 is 12.0 Å². The molecule has 0 bridgehead atoms. The second-order valence-electron chi connectivity index (χ2n) is 4.83. The number of thiophene rings is 1. The molecule has 2 atom stereocenters. The molecule has 0 aliphatic rings. The summed E-state index contributed by atoms with van der Waals surface area (Å²) in [5.74, 6) is -1.63. The van der Waals surface area contributed by atoms with Crippen molar-refractivity contribution < 1.29 is 14.7 Å². The van der Waals surface area contributed by atoms with Crippen molar-refractivity contribution in [2.24, 2.45) is 0 Å². The van der Waals surface area contributed by atoms with Gasteiger partial charge in [0.25, 0.3) is 0 Å². The second-order valence-corrected chi connectivity index (χ2v) is 5.81. The van der Waals surface area contributed by atoms with Gasteiger partial charge in [0.1, 0.15) is 6.04 Å². The fraction of sp³-hybridized carbons (Fsp3) is 0.250. The van der Waals surface area contributed by atoms with E-state index >= 15 is 0 Å². The van der Waals surface area contributed by atoms with Crippen molar-refractivity contribution in [1.29, 1.82) is 0 Å². The van der Waals surface area contributed by atoms with E-state index in [0.29, 0.717) is 0 Å². The molecule has 0 saturated carbocycles. The van der Waals surface area contributed by atoms with Crippen LogP contribution in [0.15, 0.2) is 47.8 Å². The van der Waals surface area contributed by atoms with Crippen LogP contribution in [0.2, 0.25) is 0 Å². The number of hydrogen-bond donors (Lipinski definition) is 2. The van der Waals surface area contributed by atoms with Crippen LogP contribution in [0, 0.1) is 0 Å². The first kappa shape index (κ1) is 15.3. The van der Waals surface area contributed by atoms with Crippen LogP contribution in [0.25, 0.3) is 0 Å². The van der Waals surface area contributed by atoms with Gasteiger partial charge in [-0.05, 0) is 23.9 Å². The van der Waals surface area contributed by atoms with Gasteiger partial charge in [0.2, 0.25) is 5.91 Å². The van der Waals surface area contributed by atoms with Gasteiger partial charge in [0.15, 0.2) is 0 Å². The molecule has 4 nitrogen and oxygen atoms in total. The summed E-state index contributed by atoms with van der Waals surface area (Å²) in [5.41, 5.74) is 0.883. The van der Waals surface area contributed by atoms with Gasteiger partial charge in [0, 0.05) is 11.3 Å². The minimum atomic E-state index is -1.02. The Morgan fingerprint density at radius 1 is 1.19 bits per heavy atom. The number of carboxylic acids is 1. The Kier molecular flexibility index (Phi) is 5.11. The predicted molar refractivity (Wildman–Crippen MR) is 82.4 cm³/mol. The molecule has 0 aliphatic heterocycles. The molecule has 0 aliphatic carbocycles. The van der Waals surface area contributed by atoms with Crippen molar-refractivity contribution in [3.05, 3.63) is 58.3 Å². The van der Waals surface area contributed by atoms with Crippen molar-refractivity contribution in [3.63, 3.8) is 0 Å². The Morgan fingerprint density at radius 3 is 2.48 bits per heavy atom. The average Bonchev–Trinajstić information content (AvgIpc) is 3.00. The molecule has 110 valence electrons. The standard InChI is InChI=1S/C16H17NO3S/c1-11(14-8-5-9-21-14)15(18)17-13(16(19)20)10-12-6-3-2-4-7-12/h2-9,11,13H,10H2,1H3,(H,17,18)(H,19,20). The fourth-order valence-electron chi connectivity index (χ4n) is 2.01. The lowest BCUT2D eigenvalue weighted by Gasteiger charge is -2.17. The number of carbonyl (C=O) groups excluding carboxylic acids is 1. The molecule has 21 heavy (non-hydrogen) atoms. The van der Waals surface area contributed by atoms with E-state index in [9.17, 15) is 14.7 Å². The summed E-state index contributed by atoms with van der Waals surface area (Å²) < 4.78 is 0. The summed E-state index contributed by atoms with van der Waals surface area (Å²) in [6, 6.07) is 12.1. The molecular formula is C16H17NO3S.